The molecule has 0 N–H and O–H groups in total. The second kappa shape index (κ2) is 7.05. The molecule has 8 heteroatoms. The van der Waals surface area contributed by atoms with Crippen molar-refractivity contribution < 1.29 is 14.3 Å². The molecule has 0 radical (unpaired) electrons. The highest BCUT2D eigenvalue weighted by molar-refractivity contribution is 7.10. The van der Waals surface area contributed by atoms with Gasteiger partial charge in [0, 0.05) is 24.6 Å². The lowest BCUT2D eigenvalue weighted by Crippen LogP contribution is -2.06. The van der Waals surface area contributed by atoms with E-state index in [-0.39, 0.29) is 23.7 Å². The Labute approximate surface area is 141 Å². The molecule has 7 nitrogen and oxygen atoms in total. The van der Waals surface area contributed by atoms with Gasteiger partial charge in [0.1, 0.15) is 28.5 Å². The monoisotopic (exact) mass is 340 g/mol. The summed E-state index contributed by atoms with van der Waals surface area (Å²) in [4.78, 5) is 39.5. The maximum Gasteiger partial charge on any atom is 0.188 e. The minimum atomic E-state index is -0.200. The van der Waals surface area contributed by atoms with E-state index in [1.807, 2.05) is 0 Å². The summed E-state index contributed by atoms with van der Waals surface area (Å²) >= 11 is 1.28. The maximum absolute atomic E-state index is 12.3. The summed E-state index contributed by atoms with van der Waals surface area (Å²) in [5, 5.41) is 2.22. The first-order chi connectivity index (χ1) is 11.6. The summed E-state index contributed by atoms with van der Waals surface area (Å²) in [6.45, 7) is 1.44. The maximum atomic E-state index is 12.3. The smallest absolute Gasteiger partial charge is 0.188 e. The molecule has 0 aromatic carbocycles. The van der Waals surface area contributed by atoms with Crippen LogP contribution in [0, 0.1) is 0 Å². The molecule has 3 aromatic rings. The summed E-state index contributed by atoms with van der Waals surface area (Å²) in [6.07, 6.45) is 6.03. The zero-order valence-corrected chi connectivity index (χ0v) is 13.5. The number of carbonyl (C=O) groups is 2. The Hall–Kier alpha value is -3.00. The van der Waals surface area contributed by atoms with Crippen LogP contribution in [0.3, 0.4) is 0 Å². The molecule has 0 fully saturated rings. The van der Waals surface area contributed by atoms with E-state index in [9.17, 15) is 9.59 Å². The molecule has 3 rings (SSSR count). The van der Waals surface area contributed by atoms with Gasteiger partial charge in [0.25, 0.3) is 0 Å². The first-order valence-electron chi connectivity index (χ1n) is 6.99. The molecule has 0 amide bonds. The van der Waals surface area contributed by atoms with Gasteiger partial charge in [0.05, 0.1) is 18.8 Å². The zero-order chi connectivity index (χ0) is 16.9. The quantitative estimate of drug-likeness (QED) is 0.637. The predicted molar refractivity (Wildman–Crippen MR) is 86.5 cm³/mol. The lowest BCUT2D eigenvalue weighted by molar-refractivity contribution is 0.0982. The Bertz CT molecular complexity index is 880. The average Bonchev–Trinajstić information content (AvgIpc) is 3.05. The molecule has 3 heterocycles. The number of ether oxygens (including phenoxy) is 1. The van der Waals surface area contributed by atoms with Crippen LogP contribution in [0.2, 0.25) is 0 Å². The lowest BCUT2D eigenvalue weighted by atomic mass is 10.2. The highest BCUT2D eigenvalue weighted by atomic mass is 32.1. The number of thiazole rings is 1. The summed E-state index contributed by atoms with van der Waals surface area (Å²) in [7, 11) is 0. The van der Waals surface area contributed by atoms with Gasteiger partial charge in [-0.15, -0.1) is 11.3 Å². The van der Waals surface area contributed by atoms with Crippen LogP contribution in [0.1, 0.15) is 32.9 Å². The second-order valence-corrected chi connectivity index (χ2v) is 5.78. The van der Waals surface area contributed by atoms with Gasteiger partial charge in [0.15, 0.2) is 17.3 Å². The number of nitrogens with zero attached hydrogens (tertiary/aromatic N) is 4. The summed E-state index contributed by atoms with van der Waals surface area (Å²) in [6, 6.07) is 3.19. The normalized spacial score (nSPS) is 10.4. The minimum absolute atomic E-state index is 0.0862. The lowest BCUT2D eigenvalue weighted by Gasteiger charge is -2.05. The molecule has 0 saturated carbocycles. The van der Waals surface area contributed by atoms with Crippen molar-refractivity contribution in [2.45, 2.75) is 13.3 Å². The molecular weight excluding hydrogens is 328 g/mol. The van der Waals surface area contributed by atoms with Gasteiger partial charge in [-0.05, 0) is 6.07 Å². The largest absolute Gasteiger partial charge is 0.454 e. The average molecular weight is 340 g/mol. The topological polar surface area (TPSA) is 94.9 Å². The number of pyridine rings is 1. The van der Waals surface area contributed by atoms with Gasteiger partial charge in [-0.3, -0.25) is 14.6 Å². The van der Waals surface area contributed by atoms with Gasteiger partial charge < -0.3 is 4.74 Å². The van der Waals surface area contributed by atoms with E-state index in [4.69, 9.17) is 4.74 Å². The Kier molecular flexibility index (Phi) is 4.66. The Morgan fingerprint density at radius 1 is 1.17 bits per heavy atom. The van der Waals surface area contributed by atoms with E-state index in [0.717, 1.165) is 0 Å². The van der Waals surface area contributed by atoms with Crippen LogP contribution in [0.4, 0.5) is 0 Å². The summed E-state index contributed by atoms with van der Waals surface area (Å²) in [5.41, 5.74) is 0.640. The first-order valence-corrected chi connectivity index (χ1v) is 7.87. The third kappa shape index (κ3) is 3.85. The SMILES string of the molecule is CC(=O)c1csc(CC(=O)c2cc(Oc3cncnc3)ccn2)n1. The highest BCUT2D eigenvalue weighted by Crippen LogP contribution is 2.20. The molecule has 0 atom stereocenters. The fourth-order valence-electron chi connectivity index (χ4n) is 1.88. The number of Topliss-reactive ketones (excluding diaryl/α,β-unsaturated/α-hetero) is 2. The van der Waals surface area contributed by atoms with E-state index < -0.39 is 0 Å². The molecule has 0 spiro atoms. The molecule has 0 aliphatic heterocycles. The van der Waals surface area contributed by atoms with Crippen molar-refractivity contribution in [1.29, 1.82) is 0 Å². The highest BCUT2D eigenvalue weighted by Gasteiger charge is 2.14. The van der Waals surface area contributed by atoms with Gasteiger partial charge in [0.2, 0.25) is 0 Å². The van der Waals surface area contributed by atoms with Crippen molar-refractivity contribution in [3.63, 3.8) is 0 Å². The van der Waals surface area contributed by atoms with E-state index in [1.165, 1.54) is 43.2 Å². The van der Waals surface area contributed by atoms with Gasteiger partial charge in [-0.25, -0.2) is 15.0 Å². The molecular formula is C16H12N4O3S. The third-order valence-corrected chi connectivity index (χ3v) is 3.86. The van der Waals surface area contributed by atoms with Gasteiger partial charge >= 0.3 is 0 Å². The Morgan fingerprint density at radius 3 is 2.67 bits per heavy atom. The first kappa shape index (κ1) is 15.9. The van der Waals surface area contributed by atoms with Crippen LogP contribution in [0.5, 0.6) is 11.5 Å². The number of aromatic nitrogens is 4. The van der Waals surface area contributed by atoms with Crippen molar-refractivity contribution in [3.05, 3.63) is 58.8 Å². The van der Waals surface area contributed by atoms with Crippen molar-refractivity contribution in [1.82, 2.24) is 19.9 Å². The molecule has 0 aliphatic rings. The van der Waals surface area contributed by atoms with Crippen LogP contribution < -0.4 is 4.74 Å². The van der Waals surface area contributed by atoms with E-state index in [0.29, 0.717) is 22.2 Å². The summed E-state index contributed by atoms with van der Waals surface area (Å²) < 4.78 is 5.58. The molecule has 0 saturated heterocycles. The number of hydrogen-bond acceptors (Lipinski definition) is 8. The van der Waals surface area contributed by atoms with E-state index >= 15 is 0 Å². The van der Waals surface area contributed by atoms with Gasteiger partial charge in [-0.1, -0.05) is 0 Å². The van der Waals surface area contributed by atoms with Crippen molar-refractivity contribution in [2.24, 2.45) is 0 Å². The minimum Gasteiger partial charge on any atom is -0.454 e. The fraction of sp³-hybridized carbons (Fsp3) is 0.125. The number of hydrogen-bond donors (Lipinski definition) is 0. The number of ketones is 2. The molecule has 0 bridgehead atoms. The number of carbonyl (C=O) groups excluding carboxylic acids is 2. The number of rotatable bonds is 6. The molecule has 120 valence electrons. The van der Waals surface area contributed by atoms with Crippen molar-refractivity contribution in [2.75, 3.05) is 0 Å². The van der Waals surface area contributed by atoms with E-state index in [1.54, 1.807) is 17.5 Å². The van der Waals surface area contributed by atoms with Crippen LogP contribution in [0.25, 0.3) is 0 Å². The molecule has 24 heavy (non-hydrogen) atoms. The fourth-order valence-corrected chi connectivity index (χ4v) is 2.71. The Morgan fingerprint density at radius 2 is 1.96 bits per heavy atom. The van der Waals surface area contributed by atoms with E-state index in [2.05, 4.69) is 19.9 Å². The van der Waals surface area contributed by atoms with Crippen molar-refractivity contribution >= 4 is 22.9 Å². The predicted octanol–water partition coefficient (Wildman–Crippen LogP) is 2.75. The summed E-state index contributed by atoms with van der Waals surface area (Å²) in [5.74, 6) is 0.609. The molecule has 0 aliphatic carbocycles. The zero-order valence-electron chi connectivity index (χ0n) is 12.7. The molecule has 3 aromatic heterocycles. The van der Waals surface area contributed by atoms with Crippen LogP contribution in [-0.2, 0) is 6.42 Å². The van der Waals surface area contributed by atoms with Crippen LogP contribution in [0.15, 0.2) is 42.4 Å². The second-order valence-electron chi connectivity index (χ2n) is 4.84. The Balaban J connectivity index is 1.73. The van der Waals surface area contributed by atoms with Crippen molar-refractivity contribution in [3.8, 4) is 11.5 Å². The van der Waals surface area contributed by atoms with Gasteiger partial charge in [-0.2, -0.15) is 0 Å². The standard InChI is InChI=1S/C16H12N4O3S/c1-10(21)14-8-24-16(20-14)5-15(22)13-4-11(2-3-19-13)23-12-6-17-9-18-7-12/h2-4,6-9H,5H2,1H3. The molecule has 0 unspecified atom stereocenters. The van der Waals surface area contributed by atoms with Crippen LogP contribution in [-0.4, -0.2) is 31.5 Å². The van der Waals surface area contributed by atoms with Crippen LogP contribution >= 0.6 is 11.3 Å². The third-order valence-electron chi connectivity index (χ3n) is 3.01.